The van der Waals surface area contributed by atoms with E-state index in [4.69, 9.17) is 0 Å². The molecular weight excluding hydrogens is 310 g/mol. The first-order valence-electron chi connectivity index (χ1n) is 9.11. The zero-order valence-corrected chi connectivity index (χ0v) is 19.7. The van der Waals surface area contributed by atoms with Crippen LogP contribution in [-0.2, 0) is 0 Å². The molecule has 0 aromatic heterocycles. The smallest absolute Gasteiger partial charge is 0.0969 e. The normalized spacial score (nSPS) is 13.9. The summed E-state index contributed by atoms with van der Waals surface area (Å²) in [5.41, 5.74) is 5.09. The third-order valence-electron chi connectivity index (χ3n) is 5.66. The fourth-order valence-corrected chi connectivity index (χ4v) is 11.4. The molecule has 3 heteroatoms. The van der Waals surface area contributed by atoms with Crippen LogP contribution in [0.25, 0.3) is 0 Å². The van der Waals surface area contributed by atoms with Crippen LogP contribution in [0.1, 0.15) is 55.4 Å². The third kappa shape index (κ3) is 4.18. The van der Waals surface area contributed by atoms with Gasteiger partial charge in [-0.2, -0.15) is 0 Å². The minimum Gasteiger partial charge on any atom is -0.381 e. The summed E-state index contributed by atoms with van der Waals surface area (Å²) in [4.78, 5) is 0. The van der Waals surface area contributed by atoms with E-state index in [9.17, 15) is 0 Å². The van der Waals surface area contributed by atoms with Crippen LogP contribution in [0.3, 0.4) is 0 Å². The largest absolute Gasteiger partial charge is 0.381 e. The molecule has 1 N–H and O–H groups in total. The molecule has 23 heavy (non-hydrogen) atoms. The number of allylic oxidation sites excluding steroid dienone is 1. The van der Waals surface area contributed by atoms with Crippen molar-refractivity contribution >= 4 is 29.2 Å². The van der Waals surface area contributed by atoms with Crippen molar-refractivity contribution in [3.05, 3.63) is 35.0 Å². The molecule has 1 aromatic rings. The number of nitrogens with one attached hydrogen (secondary N) is 1. The number of anilines is 1. The van der Waals surface area contributed by atoms with Crippen LogP contribution >= 0.6 is 0 Å². The Morgan fingerprint density at radius 2 is 1.43 bits per heavy atom. The molecule has 0 saturated heterocycles. The van der Waals surface area contributed by atoms with E-state index in [0.717, 1.165) is 33.4 Å². The summed E-state index contributed by atoms with van der Waals surface area (Å²) in [6, 6.07) is 9.11. The molecule has 0 bridgehead atoms. The molecule has 0 aliphatic heterocycles. The van der Waals surface area contributed by atoms with Crippen molar-refractivity contribution in [2.75, 3.05) is 11.9 Å². The van der Waals surface area contributed by atoms with Gasteiger partial charge in [-0.15, -0.1) is 0 Å². The van der Waals surface area contributed by atoms with Crippen LogP contribution in [0.15, 0.2) is 35.0 Å². The Labute approximate surface area is 148 Å². The van der Waals surface area contributed by atoms with E-state index >= 15 is 0 Å². The van der Waals surface area contributed by atoms with E-state index in [2.05, 4.69) is 85.0 Å². The van der Waals surface area contributed by atoms with E-state index in [0.29, 0.717) is 0 Å². The highest BCUT2D eigenvalue weighted by Crippen LogP contribution is 2.42. The van der Waals surface area contributed by atoms with Crippen molar-refractivity contribution in [1.29, 1.82) is 0 Å². The quantitative estimate of drug-likeness (QED) is 0.708. The molecule has 1 aromatic carbocycles. The number of rotatable bonds is 7. The third-order valence-corrected chi connectivity index (χ3v) is 13.6. The summed E-state index contributed by atoms with van der Waals surface area (Å²) >= 11 is 0. The van der Waals surface area contributed by atoms with Gasteiger partial charge in [-0.3, -0.25) is 0 Å². The SMILES string of the molecule is CC([SiH3])=C(C)CNc1ccccc1[Si](C(C)C)(C(C)C)C(C)C. The van der Waals surface area contributed by atoms with E-state index in [1.807, 2.05) is 0 Å². The molecule has 0 aliphatic carbocycles. The molecule has 0 spiro atoms. The maximum atomic E-state index is 3.76. The zero-order valence-electron chi connectivity index (χ0n) is 16.7. The van der Waals surface area contributed by atoms with E-state index < -0.39 is 8.07 Å². The molecule has 0 aliphatic rings. The summed E-state index contributed by atoms with van der Waals surface area (Å²) in [6.45, 7) is 20.1. The fourth-order valence-electron chi connectivity index (χ4n) is 4.35. The lowest BCUT2D eigenvalue weighted by Gasteiger charge is -2.44. The predicted molar refractivity (Wildman–Crippen MR) is 114 cm³/mol. The van der Waals surface area contributed by atoms with Crippen molar-refractivity contribution in [2.24, 2.45) is 0 Å². The lowest BCUT2D eigenvalue weighted by atomic mass is 10.2. The second kappa shape index (κ2) is 8.34. The molecule has 0 atom stereocenters. The molecule has 0 saturated carbocycles. The average molecular weight is 348 g/mol. The lowest BCUT2D eigenvalue weighted by molar-refractivity contribution is 0.835. The molecule has 1 rings (SSSR count). The van der Waals surface area contributed by atoms with Gasteiger partial charge in [0.25, 0.3) is 0 Å². The molecule has 0 heterocycles. The van der Waals surface area contributed by atoms with Crippen molar-refractivity contribution < 1.29 is 0 Å². The highest BCUT2D eigenvalue weighted by Gasteiger charge is 2.45. The Morgan fingerprint density at radius 3 is 1.87 bits per heavy atom. The van der Waals surface area contributed by atoms with Gasteiger partial charge in [0, 0.05) is 22.5 Å². The number of hydrogen-bond acceptors (Lipinski definition) is 1. The molecular formula is C20H37NSi2. The van der Waals surface area contributed by atoms with Crippen molar-refractivity contribution in [1.82, 2.24) is 0 Å². The number of hydrogen-bond donors (Lipinski definition) is 1. The maximum absolute atomic E-state index is 3.76. The highest BCUT2D eigenvalue weighted by atomic mass is 28.3. The van der Waals surface area contributed by atoms with Crippen LogP contribution in [0.2, 0.25) is 16.6 Å². The maximum Gasteiger partial charge on any atom is 0.0969 e. The first-order valence-corrected chi connectivity index (χ1v) is 12.3. The first kappa shape index (κ1) is 20.2. The van der Waals surface area contributed by atoms with Crippen molar-refractivity contribution in [2.45, 2.75) is 72.0 Å². The van der Waals surface area contributed by atoms with Crippen molar-refractivity contribution in [3.63, 3.8) is 0 Å². The van der Waals surface area contributed by atoms with E-state index in [-0.39, 0.29) is 0 Å². The molecule has 130 valence electrons. The fraction of sp³-hybridized carbons (Fsp3) is 0.600. The van der Waals surface area contributed by atoms with Gasteiger partial charge in [0.1, 0.15) is 0 Å². The average Bonchev–Trinajstić information content (AvgIpc) is 2.45. The topological polar surface area (TPSA) is 12.0 Å². The second-order valence-corrected chi connectivity index (χ2v) is 15.4. The lowest BCUT2D eigenvalue weighted by Crippen LogP contribution is -2.56. The molecule has 0 amide bonds. The van der Waals surface area contributed by atoms with Crippen molar-refractivity contribution in [3.8, 4) is 0 Å². The molecule has 0 unspecified atom stereocenters. The van der Waals surface area contributed by atoms with E-state index in [1.165, 1.54) is 11.3 Å². The van der Waals surface area contributed by atoms with Gasteiger partial charge in [-0.1, -0.05) is 70.5 Å². The standard InChI is InChI=1S/C20H37NSi2/c1-14(2)23(15(3)4,16(5)6)20-12-10-9-11-19(20)21-13-17(7)18(8)22/h9-12,14-16,21H,13H2,1-8,22H3. The summed E-state index contributed by atoms with van der Waals surface area (Å²) in [5.74, 6) is 0. The Bertz CT molecular complexity index is 519. The van der Waals surface area contributed by atoms with E-state index in [1.54, 1.807) is 10.4 Å². The minimum absolute atomic E-state index is 0.738. The van der Waals surface area contributed by atoms with Crippen LogP contribution in [0.5, 0.6) is 0 Å². The van der Waals surface area contributed by atoms with Crippen LogP contribution < -0.4 is 10.5 Å². The summed E-state index contributed by atoms with van der Waals surface area (Å²) in [5, 5.41) is 6.94. The Hall–Kier alpha value is -0.806. The molecule has 1 nitrogen and oxygen atoms in total. The minimum atomic E-state index is -1.62. The van der Waals surface area contributed by atoms with Gasteiger partial charge >= 0.3 is 0 Å². The summed E-state index contributed by atoms with van der Waals surface area (Å²) < 4.78 is 0. The van der Waals surface area contributed by atoms with Gasteiger partial charge in [0.2, 0.25) is 0 Å². The monoisotopic (exact) mass is 347 g/mol. The Balaban J connectivity index is 3.37. The van der Waals surface area contributed by atoms with Crippen LogP contribution in [0.4, 0.5) is 5.69 Å². The second-order valence-electron chi connectivity index (χ2n) is 8.08. The van der Waals surface area contributed by atoms with Gasteiger partial charge in [0.05, 0.1) is 8.07 Å². The van der Waals surface area contributed by atoms with Crippen LogP contribution in [0, 0.1) is 0 Å². The summed E-state index contributed by atoms with van der Waals surface area (Å²) in [7, 11) is -0.459. The predicted octanol–water partition coefficient (Wildman–Crippen LogP) is 4.64. The van der Waals surface area contributed by atoms with Gasteiger partial charge in [-0.05, 0) is 41.7 Å². The number of para-hydroxylation sites is 1. The molecule has 0 fully saturated rings. The molecule has 0 radical (unpaired) electrons. The first-order chi connectivity index (χ1) is 10.7. The van der Waals surface area contributed by atoms with Gasteiger partial charge in [-0.25, -0.2) is 0 Å². The van der Waals surface area contributed by atoms with Crippen LogP contribution in [-0.4, -0.2) is 24.9 Å². The Morgan fingerprint density at radius 1 is 0.957 bits per heavy atom. The summed E-state index contributed by atoms with van der Waals surface area (Å²) in [6.07, 6.45) is 0. The Kier molecular flexibility index (Phi) is 7.34. The zero-order chi connectivity index (χ0) is 17.8. The number of benzene rings is 1. The van der Waals surface area contributed by atoms with Gasteiger partial charge in [0.15, 0.2) is 0 Å². The highest BCUT2D eigenvalue weighted by molar-refractivity contribution is 6.95. The van der Waals surface area contributed by atoms with Gasteiger partial charge < -0.3 is 5.32 Å².